The van der Waals surface area contributed by atoms with Crippen LogP contribution in [0.2, 0.25) is 0 Å². The molecular formula is C30H25FN4O4. The van der Waals surface area contributed by atoms with Crippen molar-refractivity contribution in [2.24, 2.45) is 11.3 Å². The van der Waals surface area contributed by atoms with E-state index in [0.717, 1.165) is 23.7 Å². The van der Waals surface area contributed by atoms with Crippen LogP contribution >= 0.6 is 0 Å². The van der Waals surface area contributed by atoms with Crippen LogP contribution in [-0.2, 0) is 4.79 Å². The number of anilines is 3. The molecule has 2 aromatic carbocycles. The van der Waals surface area contributed by atoms with Crippen LogP contribution < -0.4 is 15.4 Å². The molecule has 7 rings (SSSR count). The number of carbonyl (C=O) groups is 3. The summed E-state index contributed by atoms with van der Waals surface area (Å²) in [5.41, 5.74) is 3.54. The molecule has 8 nitrogen and oxygen atoms in total. The SMILES string of the molecule is COc1cc(C(=O)Nc2cc(-c3[nH]c4c(c3Nc3ccccc3)C(=O)[C@H]3CC4[C@]3(C)C=O)ccn2)ccc1F. The highest BCUT2D eigenvalue weighted by Gasteiger charge is 2.61. The molecule has 2 heterocycles. The van der Waals surface area contributed by atoms with Crippen molar-refractivity contribution in [3.63, 3.8) is 0 Å². The van der Waals surface area contributed by atoms with Gasteiger partial charge in [0.15, 0.2) is 17.3 Å². The number of pyridine rings is 1. The van der Waals surface area contributed by atoms with E-state index in [4.69, 9.17) is 4.74 Å². The largest absolute Gasteiger partial charge is 0.494 e. The minimum absolute atomic E-state index is 0.0386. The Kier molecular flexibility index (Phi) is 5.79. The number of carbonyl (C=O) groups excluding carboxylic acids is 3. The van der Waals surface area contributed by atoms with Crippen molar-refractivity contribution in [3.05, 3.63) is 89.5 Å². The lowest BCUT2D eigenvalue weighted by Gasteiger charge is -2.53. The van der Waals surface area contributed by atoms with Gasteiger partial charge in [-0.3, -0.25) is 9.59 Å². The van der Waals surface area contributed by atoms with Gasteiger partial charge in [0.05, 0.1) is 24.1 Å². The van der Waals surface area contributed by atoms with Crippen LogP contribution in [0.5, 0.6) is 5.75 Å². The van der Waals surface area contributed by atoms with Crippen LogP contribution in [0, 0.1) is 17.2 Å². The zero-order valence-corrected chi connectivity index (χ0v) is 21.2. The van der Waals surface area contributed by atoms with Gasteiger partial charge >= 0.3 is 0 Å². The summed E-state index contributed by atoms with van der Waals surface area (Å²) >= 11 is 0. The molecule has 0 saturated heterocycles. The molecule has 2 aromatic heterocycles. The van der Waals surface area contributed by atoms with Gasteiger partial charge in [0, 0.05) is 46.0 Å². The predicted octanol–water partition coefficient (Wildman–Crippen LogP) is 5.73. The summed E-state index contributed by atoms with van der Waals surface area (Å²) in [4.78, 5) is 46.2. The van der Waals surface area contributed by atoms with E-state index in [1.54, 1.807) is 18.3 Å². The van der Waals surface area contributed by atoms with Crippen LogP contribution in [0.1, 0.15) is 45.7 Å². The number of aldehydes is 1. The predicted molar refractivity (Wildman–Crippen MR) is 144 cm³/mol. The summed E-state index contributed by atoms with van der Waals surface area (Å²) < 4.78 is 18.8. The first-order valence-corrected chi connectivity index (χ1v) is 12.5. The summed E-state index contributed by atoms with van der Waals surface area (Å²) in [6.45, 7) is 1.84. The molecule has 1 fully saturated rings. The summed E-state index contributed by atoms with van der Waals surface area (Å²) in [6, 6.07) is 16.8. The molecule has 0 spiro atoms. The van der Waals surface area contributed by atoms with Crippen molar-refractivity contribution in [1.82, 2.24) is 9.97 Å². The number of H-pyrrole nitrogens is 1. The Labute approximate surface area is 223 Å². The van der Waals surface area contributed by atoms with Gasteiger partial charge in [-0.15, -0.1) is 0 Å². The molecule has 3 atom stereocenters. The molecule has 1 amide bonds. The van der Waals surface area contributed by atoms with Crippen molar-refractivity contribution < 1.29 is 23.5 Å². The highest BCUT2D eigenvalue weighted by molar-refractivity contribution is 6.12. The summed E-state index contributed by atoms with van der Waals surface area (Å²) in [6.07, 6.45) is 3.09. The van der Waals surface area contributed by atoms with Crippen molar-refractivity contribution in [2.75, 3.05) is 17.7 Å². The highest BCUT2D eigenvalue weighted by atomic mass is 19.1. The maximum atomic E-state index is 13.8. The number of rotatable bonds is 7. The Hall–Kier alpha value is -4.79. The third-order valence-electron chi connectivity index (χ3n) is 7.91. The molecule has 196 valence electrons. The third kappa shape index (κ3) is 3.89. The van der Waals surface area contributed by atoms with Gasteiger partial charge in [0.2, 0.25) is 0 Å². The van der Waals surface area contributed by atoms with Crippen LogP contribution in [0.3, 0.4) is 0 Å². The van der Waals surface area contributed by atoms with E-state index < -0.39 is 17.1 Å². The van der Waals surface area contributed by atoms with Gasteiger partial charge in [-0.2, -0.15) is 0 Å². The molecule has 4 aromatic rings. The quantitative estimate of drug-likeness (QED) is 0.266. The number of para-hydroxylation sites is 1. The van der Waals surface area contributed by atoms with Gasteiger partial charge < -0.3 is 25.1 Å². The molecule has 9 heteroatoms. The fourth-order valence-electron chi connectivity index (χ4n) is 5.67. The molecular weight excluding hydrogens is 499 g/mol. The number of ketones is 1. The molecule has 3 N–H and O–H groups in total. The first-order valence-electron chi connectivity index (χ1n) is 12.5. The molecule has 3 aliphatic carbocycles. The monoisotopic (exact) mass is 524 g/mol. The Bertz CT molecular complexity index is 1630. The number of hydrogen-bond donors (Lipinski definition) is 3. The number of aromatic amines is 1. The fraction of sp³-hybridized carbons (Fsp3) is 0.200. The number of nitrogens with one attached hydrogen (secondary N) is 3. The number of nitrogens with zero attached hydrogens (tertiary/aromatic N) is 1. The molecule has 0 radical (unpaired) electrons. The van der Waals surface area contributed by atoms with E-state index in [0.29, 0.717) is 28.9 Å². The Morgan fingerprint density at radius 2 is 1.95 bits per heavy atom. The lowest BCUT2D eigenvalue weighted by molar-refractivity contribution is -0.125. The first kappa shape index (κ1) is 24.5. The minimum atomic E-state index is -0.732. The molecule has 0 aliphatic heterocycles. The van der Waals surface area contributed by atoms with Gasteiger partial charge in [0.1, 0.15) is 12.1 Å². The Morgan fingerprint density at radius 1 is 1.15 bits per heavy atom. The van der Waals surface area contributed by atoms with E-state index in [2.05, 4.69) is 20.6 Å². The molecule has 39 heavy (non-hydrogen) atoms. The van der Waals surface area contributed by atoms with Gasteiger partial charge in [-0.1, -0.05) is 25.1 Å². The van der Waals surface area contributed by atoms with Gasteiger partial charge in [0.25, 0.3) is 5.91 Å². The Balaban J connectivity index is 1.40. The summed E-state index contributed by atoms with van der Waals surface area (Å²) in [7, 11) is 1.33. The van der Waals surface area contributed by atoms with Crippen molar-refractivity contribution in [2.45, 2.75) is 19.3 Å². The van der Waals surface area contributed by atoms with Crippen LogP contribution in [0.25, 0.3) is 11.3 Å². The first-order chi connectivity index (χ1) is 18.8. The second kappa shape index (κ2) is 9.20. The number of methoxy groups -OCH3 is 1. The number of aromatic nitrogens is 2. The summed E-state index contributed by atoms with van der Waals surface area (Å²) in [5.74, 6) is -1.32. The number of benzene rings is 2. The third-order valence-corrected chi connectivity index (χ3v) is 7.91. The number of halogens is 1. The average molecular weight is 525 g/mol. The van der Waals surface area contributed by atoms with Crippen molar-refractivity contribution in [3.8, 4) is 17.0 Å². The fourth-order valence-corrected chi connectivity index (χ4v) is 5.67. The zero-order valence-electron chi connectivity index (χ0n) is 21.2. The lowest BCUT2D eigenvalue weighted by Crippen LogP contribution is -2.54. The second-order valence-corrected chi connectivity index (χ2v) is 10.1. The number of hydrogen-bond acceptors (Lipinski definition) is 6. The zero-order chi connectivity index (χ0) is 27.3. The van der Waals surface area contributed by atoms with Gasteiger partial charge in [-0.05, 0) is 48.9 Å². The standard InChI is InChI=1S/C30H25FN4O4/c1-30(15-36)19-14-20(30)28(37)24-26(19)35-25(27(24)33-18-6-4-3-5-7-18)16-10-11-32-23(13-16)34-29(38)17-8-9-21(31)22(12-17)39-2/h3-13,15,19-20,33,35H,14H2,1-2H3,(H,32,34,38)/t19?,20-,30+/m1/s1. The maximum Gasteiger partial charge on any atom is 0.256 e. The molecule has 3 aliphatic rings. The van der Waals surface area contributed by atoms with E-state index in [9.17, 15) is 18.8 Å². The molecule has 2 bridgehead atoms. The maximum absolute atomic E-state index is 13.8. The highest BCUT2D eigenvalue weighted by Crippen LogP contribution is 2.63. The summed E-state index contributed by atoms with van der Waals surface area (Å²) in [5, 5.41) is 6.14. The van der Waals surface area contributed by atoms with Gasteiger partial charge in [-0.25, -0.2) is 9.37 Å². The lowest BCUT2D eigenvalue weighted by atomic mass is 9.48. The van der Waals surface area contributed by atoms with Crippen LogP contribution in [0.4, 0.5) is 21.6 Å². The van der Waals surface area contributed by atoms with Crippen molar-refractivity contribution >= 4 is 35.2 Å². The second-order valence-electron chi connectivity index (χ2n) is 10.1. The van der Waals surface area contributed by atoms with E-state index in [1.165, 1.54) is 19.2 Å². The number of Topliss-reactive ketones (excluding diaryl/α,β-unsaturated/α-hetero) is 1. The smallest absolute Gasteiger partial charge is 0.256 e. The van der Waals surface area contributed by atoms with E-state index in [-0.39, 0.29) is 34.7 Å². The van der Waals surface area contributed by atoms with Crippen LogP contribution in [0.15, 0.2) is 66.9 Å². The normalized spacial score (nSPS) is 20.9. The number of ether oxygens (including phenoxy) is 1. The molecule has 1 saturated carbocycles. The van der Waals surface area contributed by atoms with Crippen molar-refractivity contribution in [1.29, 1.82) is 0 Å². The molecule has 1 unspecified atom stereocenters. The Morgan fingerprint density at radius 3 is 2.69 bits per heavy atom. The number of amides is 1. The topological polar surface area (TPSA) is 113 Å². The average Bonchev–Trinajstić information content (AvgIpc) is 3.32. The van der Waals surface area contributed by atoms with Crippen LogP contribution in [-0.4, -0.2) is 35.1 Å². The minimum Gasteiger partial charge on any atom is -0.494 e. The van der Waals surface area contributed by atoms with E-state index >= 15 is 0 Å². The van der Waals surface area contributed by atoms with E-state index in [1.807, 2.05) is 37.3 Å².